The molecule has 1 aromatic rings. The lowest BCUT2D eigenvalue weighted by Crippen LogP contribution is -2.31. The normalized spacial score (nSPS) is 9.21. The second-order valence-electron chi connectivity index (χ2n) is 2.54. The summed E-state index contributed by atoms with van der Waals surface area (Å²) < 4.78 is 4.23. The van der Waals surface area contributed by atoms with Crippen molar-refractivity contribution in [2.45, 2.75) is 6.54 Å². The Morgan fingerprint density at radius 1 is 1.57 bits per heavy atom. The molecule has 74 valence electrons. The van der Waals surface area contributed by atoms with Crippen LogP contribution in [0.1, 0.15) is 5.56 Å². The van der Waals surface area contributed by atoms with E-state index >= 15 is 0 Å². The van der Waals surface area contributed by atoms with Gasteiger partial charge in [-0.15, -0.1) is 0 Å². The maximum Gasteiger partial charge on any atom is 0.396 e. The number of amides is 1. The van der Waals surface area contributed by atoms with Gasteiger partial charge in [-0.25, -0.2) is 4.79 Å². The molecule has 5 nitrogen and oxygen atoms in total. The Kier molecular flexibility index (Phi) is 3.60. The maximum absolute atomic E-state index is 10.9. The van der Waals surface area contributed by atoms with Crippen LogP contribution in [0.3, 0.4) is 0 Å². The number of rotatable bonds is 2. The lowest BCUT2D eigenvalue weighted by molar-refractivity contribution is -0.152. The highest BCUT2D eigenvalue weighted by Crippen LogP contribution is 1.93. The number of aromatic nitrogens is 1. The average molecular weight is 194 g/mol. The zero-order chi connectivity index (χ0) is 10.4. The van der Waals surface area contributed by atoms with Crippen molar-refractivity contribution in [3.8, 4) is 0 Å². The molecule has 1 amide bonds. The molecule has 0 bridgehead atoms. The number of hydrogen-bond acceptors (Lipinski definition) is 4. The molecule has 0 radical (unpaired) electrons. The van der Waals surface area contributed by atoms with Gasteiger partial charge in [0.25, 0.3) is 0 Å². The summed E-state index contributed by atoms with van der Waals surface area (Å²) in [6, 6.07) is 3.55. The summed E-state index contributed by atoms with van der Waals surface area (Å²) in [6.45, 7) is 0.266. The first-order chi connectivity index (χ1) is 6.74. The fraction of sp³-hybridized carbons (Fsp3) is 0.222. The maximum atomic E-state index is 10.9. The van der Waals surface area contributed by atoms with Crippen molar-refractivity contribution in [1.82, 2.24) is 10.3 Å². The van der Waals surface area contributed by atoms with E-state index in [1.807, 2.05) is 0 Å². The molecule has 5 heteroatoms. The van der Waals surface area contributed by atoms with Crippen LogP contribution in [0.2, 0.25) is 0 Å². The van der Waals surface area contributed by atoms with E-state index in [-0.39, 0.29) is 6.54 Å². The lowest BCUT2D eigenvalue weighted by atomic mass is 10.3. The molecule has 0 atom stereocenters. The Bertz CT molecular complexity index is 324. The zero-order valence-electron chi connectivity index (χ0n) is 7.69. The molecule has 0 saturated carbocycles. The number of nitrogens with one attached hydrogen (secondary N) is 1. The van der Waals surface area contributed by atoms with E-state index in [1.54, 1.807) is 24.5 Å². The van der Waals surface area contributed by atoms with E-state index in [9.17, 15) is 9.59 Å². The Labute approximate surface area is 81.1 Å². The largest absolute Gasteiger partial charge is 0.462 e. The van der Waals surface area contributed by atoms with Gasteiger partial charge in [0, 0.05) is 18.9 Å². The van der Waals surface area contributed by atoms with Crippen molar-refractivity contribution in [2.24, 2.45) is 0 Å². The second-order valence-corrected chi connectivity index (χ2v) is 2.54. The molecule has 0 spiro atoms. The third-order valence-electron chi connectivity index (χ3n) is 1.55. The van der Waals surface area contributed by atoms with E-state index in [1.165, 1.54) is 0 Å². The minimum absolute atomic E-state index is 0.266. The van der Waals surface area contributed by atoms with Gasteiger partial charge in [0.05, 0.1) is 7.11 Å². The third-order valence-corrected chi connectivity index (χ3v) is 1.55. The number of carbonyl (C=O) groups is 2. The van der Waals surface area contributed by atoms with Crippen LogP contribution in [-0.4, -0.2) is 24.0 Å². The predicted octanol–water partition coefficient (Wildman–Crippen LogP) is -0.129. The highest BCUT2D eigenvalue weighted by atomic mass is 16.5. The highest BCUT2D eigenvalue weighted by Gasteiger charge is 2.12. The molecule has 0 saturated heterocycles. The van der Waals surface area contributed by atoms with E-state index in [0.29, 0.717) is 0 Å². The lowest BCUT2D eigenvalue weighted by Gasteiger charge is -2.02. The number of ether oxygens (including phenoxy) is 1. The number of pyridine rings is 1. The molecule has 1 N–H and O–H groups in total. The van der Waals surface area contributed by atoms with E-state index in [0.717, 1.165) is 12.7 Å². The molecule has 0 aromatic carbocycles. The van der Waals surface area contributed by atoms with Gasteiger partial charge in [-0.05, 0) is 11.6 Å². The topological polar surface area (TPSA) is 68.3 Å². The molecule has 0 aliphatic carbocycles. The second kappa shape index (κ2) is 4.96. The first-order valence-corrected chi connectivity index (χ1v) is 3.99. The minimum Gasteiger partial charge on any atom is -0.462 e. The molecular formula is C9H10N2O3. The summed E-state index contributed by atoms with van der Waals surface area (Å²) in [5.41, 5.74) is 0.824. The van der Waals surface area contributed by atoms with Crippen molar-refractivity contribution in [3.05, 3.63) is 30.1 Å². The summed E-state index contributed by atoms with van der Waals surface area (Å²) in [7, 11) is 1.16. The smallest absolute Gasteiger partial charge is 0.396 e. The van der Waals surface area contributed by atoms with Crippen LogP contribution in [-0.2, 0) is 20.9 Å². The van der Waals surface area contributed by atoms with Crippen LogP contribution >= 0.6 is 0 Å². The molecule has 0 aliphatic rings. The van der Waals surface area contributed by atoms with Gasteiger partial charge < -0.3 is 10.1 Å². The van der Waals surface area contributed by atoms with E-state index < -0.39 is 11.9 Å². The van der Waals surface area contributed by atoms with Crippen LogP contribution < -0.4 is 5.32 Å². The average Bonchev–Trinajstić information content (AvgIpc) is 2.26. The summed E-state index contributed by atoms with van der Waals surface area (Å²) in [4.78, 5) is 25.5. The number of methoxy groups -OCH3 is 1. The number of esters is 1. The van der Waals surface area contributed by atoms with Gasteiger partial charge in [0.1, 0.15) is 0 Å². The van der Waals surface area contributed by atoms with E-state index in [2.05, 4.69) is 15.0 Å². The first-order valence-electron chi connectivity index (χ1n) is 3.99. The van der Waals surface area contributed by atoms with Crippen LogP contribution in [0, 0.1) is 0 Å². The standard InChI is InChI=1S/C9H10N2O3/c1-14-9(13)8(12)11-6-7-3-2-4-10-5-7/h2-5H,6H2,1H3,(H,11,12). The van der Waals surface area contributed by atoms with Crippen LogP contribution in [0.5, 0.6) is 0 Å². The summed E-state index contributed by atoms with van der Waals surface area (Å²) >= 11 is 0. The molecule has 0 fully saturated rings. The molecule has 0 aliphatic heterocycles. The fourth-order valence-corrected chi connectivity index (χ4v) is 0.850. The first kappa shape index (κ1) is 10.2. The van der Waals surface area contributed by atoms with Crippen LogP contribution in [0.15, 0.2) is 24.5 Å². The van der Waals surface area contributed by atoms with Gasteiger partial charge in [-0.3, -0.25) is 9.78 Å². The van der Waals surface area contributed by atoms with Crippen molar-refractivity contribution in [1.29, 1.82) is 0 Å². The minimum atomic E-state index is -0.895. The Hall–Kier alpha value is -1.91. The van der Waals surface area contributed by atoms with Crippen LogP contribution in [0.4, 0.5) is 0 Å². The fourth-order valence-electron chi connectivity index (χ4n) is 0.850. The van der Waals surface area contributed by atoms with E-state index in [4.69, 9.17) is 0 Å². The third kappa shape index (κ3) is 2.85. The SMILES string of the molecule is COC(=O)C(=O)NCc1cccnc1. The molecular weight excluding hydrogens is 184 g/mol. The van der Waals surface area contributed by atoms with Crippen molar-refractivity contribution in [2.75, 3.05) is 7.11 Å². The monoisotopic (exact) mass is 194 g/mol. The summed E-state index contributed by atoms with van der Waals surface area (Å²) in [5, 5.41) is 2.40. The van der Waals surface area contributed by atoms with Crippen LogP contribution in [0.25, 0.3) is 0 Å². The Balaban J connectivity index is 2.42. The van der Waals surface area contributed by atoms with Crippen molar-refractivity contribution >= 4 is 11.9 Å². The number of nitrogens with zero attached hydrogens (tertiary/aromatic N) is 1. The van der Waals surface area contributed by atoms with Gasteiger partial charge in [0.2, 0.25) is 0 Å². The molecule has 1 aromatic heterocycles. The number of hydrogen-bond donors (Lipinski definition) is 1. The summed E-state index contributed by atoms with van der Waals surface area (Å²) in [6.07, 6.45) is 3.24. The van der Waals surface area contributed by atoms with Crippen molar-refractivity contribution in [3.63, 3.8) is 0 Å². The Morgan fingerprint density at radius 2 is 2.36 bits per heavy atom. The Morgan fingerprint density at radius 3 is 2.93 bits per heavy atom. The van der Waals surface area contributed by atoms with Gasteiger partial charge in [-0.1, -0.05) is 6.07 Å². The molecule has 14 heavy (non-hydrogen) atoms. The molecule has 1 heterocycles. The van der Waals surface area contributed by atoms with Gasteiger partial charge in [-0.2, -0.15) is 0 Å². The molecule has 0 unspecified atom stereocenters. The van der Waals surface area contributed by atoms with Gasteiger partial charge in [0.15, 0.2) is 0 Å². The number of carbonyl (C=O) groups excluding carboxylic acids is 2. The zero-order valence-corrected chi connectivity index (χ0v) is 7.69. The quantitative estimate of drug-likeness (QED) is 0.526. The molecule has 1 rings (SSSR count). The highest BCUT2D eigenvalue weighted by molar-refractivity contribution is 6.32. The van der Waals surface area contributed by atoms with Gasteiger partial charge >= 0.3 is 11.9 Å². The van der Waals surface area contributed by atoms with Crippen molar-refractivity contribution < 1.29 is 14.3 Å². The summed E-state index contributed by atoms with van der Waals surface area (Å²) in [5.74, 6) is -1.65. The predicted molar refractivity (Wildman–Crippen MR) is 48.1 cm³/mol.